The van der Waals surface area contributed by atoms with Gasteiger partial charge in [0, 0.05) is 5.56 Å². The summed E-state index contributed by atoms with van der Waals surface area (Å²) in [6, 6.07) is 11.9. The Balaban J connectivity index is 2.03. The maximum Gasteiger partial charge on any atom is 0.0798 e. The number of anilines is 1. The lowest BCUT2D eigenvalue weighted by molar-refractivity contribution is 1.35. The van der Waals surface area contributed by atoms with E-state index in [9.17, 15) is 0 Å². The average molecular weight is 360 g/mol. The number of hydrogen-bond donors (Lipinski definition) is 1. The molecule has 0 fully saturated rings. The van der Waals surface area contributed by atoms with Crippen LogP contribution in [0.2, 0.25) is 0 Å². The van der Waals surface area contributed by atoms with Gasteiger partial charge in [-0.1, -0.05) is 18.2 Å². The first-order chi connectivity index (χ1) is 7.75. The van der Waals surface area contributed by atoms with Gasteiger partial charge in [-0.3, -0.25) is 5.43 Å². The molecule has 0 amide bonds. The van der Waals surface area contributed by atoms with Crippen molar-refractivity contribution in [3.63, 3.8) is 0 Å². The number of benzene rings is 1. The lowest BCUT2D eigenvalue weighted by Gasteiger charge is -1.97. The van der Waals surface area contributed by atoms with Crippen LogP contribution in [-0.2, 0) is 0 Å². The molecule has 0 aliphatic rings. The second-order valence-electron chi connectivity index (χ2n) is 3.02. The maximum atomic E-state index is 4.17. The first kappa shape index (κ1) is 11.8. The summed E-state index contributed by atoms with van der Waals surface area (Å²) in [5.41, 5.74) is 5.00. The highest BCUT2D eigenvalue weighted by Gasteiger charge is 2.01. The molecule has 0 bridgehead atoms. The Labute approximate surface area is 115 Å². The molecule has 2 nitrogen and oxygen atoms in total. The molecule has 0 aliphatic heterocycles. The summed E-state index contributed by atoms with van der Waals surface area (Å²) in [6.07, 6.45) is 1.79. The van der Waals surface area contributed by atoms with Crippen molar-refractivity contribution in [1.29, 1.82) is 0 Å². The molecule has 2 rings (SSSR count). The van der Waals surface area contributed by atoms with Crippen LogP contribution in [0.3, 0.4) is 0 Å². The Morgan fingerprint density at radius 3 is 2.56 bits per heavy atom. The molecule has 1 heterocycles. The van der Waals surface area contributed by atoms with Gasteiger partial charge in [-0.25, -0.2) is 0 Å². The Kier molecular flexibility index (Phi) is 4.15. The molecule has 1 aromatic carbocycles. The van der Waals surface area contributed by atoms with E-state index in [2.05, 4.69) is 42.4 Å². The van der Waals surface area contributed by atoms with E-state index >= 15 is 0 Å². The summed E-state index contributed by atoms with van der Waals surface area (Å²) < 4.78 is 2.15. The zero-order valence-corrected chi connectivity index (χ0v) is 12.1. The Bertz CT molecular complexity index is 494. The van der Waals surface area contributed by atoms with Gasteiger partial charge in [0.25, 0.3) is 0 Å². The van der Waals surface area contributed by atoms with Gasteiger partial charge in [-0.05, 0) is 50.1 Å². The van der Waals surface area contributed by atoms with Gasteiger partial charge in [0.1, 0.15) is 0 Å². The predicted molar refractivity (Wildman–Crippen MR) is 77.4 cm³/mol. The van der Waals surface area contributed by atoms with Crippen LogP contribution >= 0.6 is 43.2 Å². The normalized spacial score (nSPS) is 10.9. The SMILES string of the molecule is Brc1cc(/C=N\Nc2ccccc2)c(Br)s1. The minimum absolute atomic E-state index is 0.976. The fourth-order valence-electron chi connectivity index (χ4n) is 1.13. The smallest absolute Gasteiger partial charge is 0.0798 e. The zero-order valence-electron chi connectivity index (χ0n) is 8.15. The van der Waals surface area contributed by atoms with E-state index < -0.39 is 0 Å². The second-order valence-corrected chi connectivity index (χ2v) is 6.76. The van der Waals surface area contributed by atoms with Crippen molar-refractivity contribution < 1.29 is 0 Å². The van der Waals surface area contributed by atoms with Crippen LogP contribution in [0, 0.1) is 0 Å². The van der Waals surface area contributed by atoms with E-state index in [1.807, 2.05) is 36.4 Å². The number of nitrogens with one attached hydrogen (secondary N) is 1. The van der Waals surface area contributed by atoms with Gasteiger partial charge in [0.05, 0.1) is 19.5 Å². The fourth-order valence-corrected chi connectivity index (χ4v) is 3.84. The monoisotopic (exact) mass is 358 g/mol. The van der Waals surface area contributed by atoms with Gasteiger partial charge in [-0.15, -0.1) is 11.3 Å². The van der Waals surface area contributed by atoms with Gasteiger partial charge >= 0.3 is 0 Å². The number of thiophene rings is 1. The van der Waals surface area contributed by atoms with Crippen molar-refractivity contribution in [1.82, 2.24) is 0 Å². The van der Waals surface area contributed by atoms with Crippen LogP contribution in [0.1, 0.15) is 5.56 Å². The minimum Gasteiger partial charge on any atom is -0.279 e. The van der Waals surface area contributed by atoms with Crippen molar-refractivity contribution in [2.75, 3.05) is 5.43 Å². The quantitative estimate of drug-likeness (QED) is 0.622. The molecule has 5 heteroatoms. The van der Waals surface area contributed by atoms with Gasteiger partial charge < -0.3 is 0 Å². The standard InChI is InChI=1S/C11H8Br2N2S/c12-10-6-8(11(13)16-10)7-14-15-9-4-2-1-3-5-9/h1-7,15H/b14-7-. The van der Waals surface area contributed by atoms with E-state index in [1.165, 1.54) is 0 Å². The molecule has 0 saturated heterocycles. The summed E-state index contributed by atoms with van der Waals surface area (Å²) in [5, 5.41) is 4.17. The van der Waals surface area contributed by atoms with Gasteiger partial charge in [0.2, 0.25) is 0 Å². The highest BCUT2D eigenvalue weighted by atomic mass is 79.9. The van der Waals surface area contributed by atoms with E-state index in [1.54, 1.807) is 17.6 Å². The average Bonchev–Trinajstić information content (AvgIpc) is 2.59. The fraction of sp³-hybridized carbons (Fsp3) is 0. The third kappa shape index (κ3) is 3.17. The third-order valence-electron chi connectivity index (χ3n) is 1.85. The van der Waals surface area contributed by atoms with Crippen LogP contribution in [-0.4, -0.2) is 6.21 Å². The van der Waals surface area contributed by atoms with E-state index in [0.29, 0.717) is 0 Å². The number of nitrogens with zero attached hydrogens (tertiary/aromatic N) is 1. The summed E-state index contributed by atoms with van der Waals surface area (Å²) in [5.74, 6) is 0. The van der Waals surface area contributed by atoms with Crippen molar-refractivity contribution >= 4 is 55.1 Å². The summed E-state index contributed by atoms with van der Waals surface area (Å²) in [6.45, 7) is 0. The molecule has 0 atom stereocenters. The topological polar surface area (TPSA) is 24.4 Å². The molecule has 2 aromatic rings. The Morgan fingerprint density at radius 2 is 1.94 bits per heavy atom. The Hall–Kier alpha value is -0.650. The van der Waals surface area contributed by atoms with Gasteiger partial charge in [-0.2, -0.15) is 5.10 Å². The number of para-hydroxylation sites is 1. The molecule has 0 aliphatic carbocycles. The van der Waals surface area contributed by atoms with Crippen molar-refractivity contribution in [3.8, 4) is 0 Å². The lowest BCUT2D eigenvalue weighted by Crippen LogP contribution is -1.89. The van der Waals surface area contributed by atoms with Crippen molar-refractivity contribution in [2.45, 2.75) is 0 Å². The van der Waals surface area contributed by atoms with E-state index in [0.717, 1.165) is 18.8 Å². The number of halogens is 2. The molecular formula is C11H8Br2N2S. The molecule has 0 spiro atoms. The first-order valence-electron chi connectivity index (χ1n) is 4.54. The maximum absolute atomic E-state index is 4.17. The number of hydrazone groups is 1. The summed E-state index contributed by atoms with van der Waals surface area (Å²) in [7, 11) is 0. The molecular weight excluding hydrogens is 352 g/mol. The molecule has 16 heavy (non-hydrogen) atoms. The summed E-state index contributed by atoms with van der Waals surface area (Å²) in [4.78, 5) is 0. The Morgan fingerprint density at radius 1 is 1.19 bits per heavy atom. The highest BCUT2D eigenvalue weighted by molar-refractivity contribution is 9.12. The van der Waals surface area contributed by atoms with Crippen LogP contribution < -0.4 is 5.43 Å². The minimum atomic E-state index is 0.976. The van der Waals surface area contributed by atoms with Crippen LogP contribution in [0.25, 0.3) is 0 Å². The van der Waals surface area contributed by atoms with Crippen LogP contribution in [0.5, 0.6) is 0 Å². The molecule has 1 N–H and O–H groups in total. The molecule has 1 aromatic heterocycles. The number of hydrogen-bond acceptors (Lipinski definition) is 3. The van der Waals surface area contributed by atoms with Crippen LogP contribution in [0.4, 0.5) is 5.69 Å². The van der Waals surface area contributed by atoms with Crippen LogP contribution in [0.15, 0.2) is 49.1 Å². The van der Waals surface area contributed by atoms with E-state index in [-0.39, 0.29) is 0 Å². The van der Waals surface area contributed by atoms with E-state index in [4.69, 9.17) is 0 Å². The first-order valence-corrected chi connectivity index (χ1v) is 6.95. The van der Waals surface area contributed by atoms with Gasteiger partial charge in [0.15, 0.2) is 0 Å². The lowest BCUT2D eigenvalue weighted by atomic mass is 10.3. The molecule has 0 unspecified atom stereocenters. The van der Waals surface area contributed by atoms with Crippen molar-refractivity contribution in [2.24, 2.45) is 5.10 Å². The molecule has 0 radical (unpaired) electrons. The third-order valence-corrected chi connectivity index (χ3v) is 4.24. The molecule has 0 saturated carbocycles. The molecule has 82 valence electrons. The zero-order chi connectivity index (χ0) is 11.4. The second kappa shape index (κ2) is 5.61. The largest absolute Gasteiger partial charge is 0.279 e. The highest BCUT2D eigenvalue weighted by Crippen LogP contribution is 2.30. The number of rotatable bonds is 3. The predicted octanol–water partition coefficient (Wildman–Crippen LogP) is 4.72. The summed E-state index contributed by atoms with van der Waals surface area (Å²) >= 11 is 8.53. The van der Waals surface area contributed by atoms with Crippen molar-refractivity contribution in [3.05, 3.63) is 49.5 Å².